The fourth-order valence-corrected chi connectivity index (χ4v) is 1.91. The third-order valence-corrected chi connectivity index (χ3v) is 3.13. The molecule has 110 valence electrons. The van der Waals surface area contributed by atoms with Crippen molar-refractivity contribution in [2.24, 2.45) is 0 Å². The second-order valence-corrected chi connectivity index (χ2v) is 5.92. The summed E-state index contributed by atoms with van der Waals surface area (Å²) in [6, 6.07) is 10.9. The predicted molar refractivity (Wildman–Crippen MR) is 80.8 cm³/mol. The zero-order valence-electron chi connectivity index (χ0n) is 12.5. The lowest BCUT2D eigenvalue weighted by Crippen LogP contribution is -2.11. The molecule has 4 heteroatoms. The van der Waals surface area contributed by atoms with E-state index in [0.717, 1.165) is 5.56 Å². The van der Waals surface area contributed by atoms with Crippen molar-refractivity contribution in [3.63, 3.8) is 0 Å². The monoisotopic (exact) mass is 285 g/mol. The number of hydrogen-bond acceptors (Lipinski definition) is 3. The first-order chi connectivity index (χ1) is 9.86. The largest absolute Gasteiger partial charge is 0.481 e. The SMILES string of the molecule is CC(C)(C)c1ccc(Oc2ccccc2CC(=O)O)nc1. The van der Waals surface area contributed by atoms with Gasteiger partial charge in [-0.05, 0) is 17.0 Å². The maximum absolute atomic E-state index is 10.9. The van der Waals surface area contributed by atoms with Crippen molar-refractivity contribution < 1.29 is 14.6 Å². The number of rotatable bonds is 4. The summed E-state index contributed by atoms with van der Waals surface area (Å²) < 4.78 is 5.70. The van der Waals surface area contributed by atoms with Gasteiger partial charge < -0.3 is 9.84 Å². The van der Waals surface area contributed by atoms with Crippen LogP contribution in [0.25, 0.3) is 0 Å². The Balaban J connectivity index is 2.20. The number of nitrogens with zero attached hydrogens (tertiary/aromatic N) is 1. The van der Waals surface area contributed by atoms with E-state index < -0.39 is 5.97 Å². The van der Waals surface area contributed by atoms with E-state index in [0.29, 0.717) is 17.2 Å². The highest BCUT2D eigenvalue weighted by atomic mass is 16.5. The van der Waals surface area contributed by atoms with Crippen LogP contribution in [0, 0.1) is 0 Å². The molecule has 0 saturated heterocycles. The molecule has 0 unspecified atom stereocenters. The first kappa shape index (κ1) is 15.0. The van der Waals surface area contributed by atoms with Gasteiger partial charge in [-0.1, -0.05) is 45.0 Å². The van der Waals surface area contributed by atoms with Crippen LogP contribution in [0.1, 0.15) is 31.9 Å². The van der Waals surface area contributed by atoms with Gasteiger partial charge in [-0.2, -0.15) is 0 Å². The molecule has 0 aliphatic carbocycles. The number of benzene rings is 1. The van der Waals surface area contributed by atoms with Crippen molar-refractivity contribution in [1.82, 2.24) is 4.98 Å². The van der Waals surface area contributed by atoms with Gasteiger partial charge in [-0.3, -0.25) is 4.79 Å². The quantitative estimate of drug-likeness (QED) is 0.928. The Morgan fingerprint density at radius 2 is 1.90 bits per heavy atom. The fourth-order valence-electron chi connectivity index (χ4n) is 1.91. The second kappa shape index (κ2) is 5.95. The van der Waals surface area contributed by atoms with Crippen molar-refractivity contribution >= 4 is 5.97 Å². The molecule has 2 aromatic rings. The summed E-state index contributed by atoms with van der Waals surface area (Å²) >= 11 is 0. The molecule has 0 aliphatic heterocycles. The fraction of sp³-hybridized carbons (Fsp3) is 0.294. The van der Waals surface area contributed by atoms with E-state index in [-0.39, 0.29) is 11.8 Å². The number of aromatic nitrogens is 1. The Kier molecular flexibility index (Phi) is 4.26. The summed E-state index contributed by atoms with van der Waals surface area (Å²) in [6.07, 6.45) is 1.71. The van der Waals surface area contributed by atoms with Crippen molar-refractivity contribution in [2.45, 2.75) is 32.6 Å². The van der Waals surface area contributed by atoms with E-state index in [1.54, 1.807) is 30.5 Å². The van der Waals surface area contributed by atoms with Gasteiger partial charge in [0.05, 0.1) is 6.42 Å². The number of ether oxygens (including phenoxy) is 1. The molecule has 1 N–H and O–H groups in total. The molecule has 21 heavy (non-hydrogen) atoms. The Morgan fingerprint density at radius 1 is 1.19 bits per heavy atom. The van der Waals surface area contributed by atoms with E-state index in [4.69, 9.17) is 9.84 Å². The normalized spacial score (nSPS) is 11.2. The Bertz CT molecular complexity index is 627. The van der Waals surface area contributed by atoms with Gasteiger partial charge in [0.2, 0.25) is 5.88 Å². The molecular weight excluding hydrogens is 266 g/mol. The number of carboxylic acid groups (broad SMARTS) is 1. The van der Waals surface area contributed by atoms with E-state index in [9.17, 15) is 4.79 Å². The van der Waals surface area contributed by atoms with Crippen LogP contribution in [0.4, 0.5) is 0 Å². The molecule has 0 amide bonds. The Morgan fingerprint density at radius 3 is 2.48 bits per heavy atom. The molecule has 0 saturated carbocycles. The van der Waals surface area contributed by atoms with Crippen LogP contribution in [-0.4, -0.2) is 16.1 Å². The van der Waals surface area contributed by atoms with E-state index in [1.165, 1.54) is 0 Å². The van der Waals surface area contributed by atoms with Crippen LogP contribution in [-0.2, 0) is 16.6 Å². The zero-order valence-corrected chi connectivity index (χ0v) is 12.5. The average molecular weight is 285 g/mol. The third-order valence-electron chi connectivity index (χ3n) is 3.13. The molecule has 0 spiro atoms. The van der Waals surface area contributed by atoms with Crippen molar-refractivity contribution in [2.75, 3.05) is 0 Å². The second-order valence-electron chi connectivity index (χ2n) is 5.92. The molecule has 1 aromatic carbocycles. The smallest absolute Gasteiger partial charge is 0.307 e. The molecular formula is C17H19NO3. The molecule has 4 nitrogen and oxygen atoms in total. The highest BCUT2D eigenvalue weighted by molar-refractivity contribution is 5.71. The van der Waals surface area contributed by atoms with Crippen LogP contribution >= 0.6 is 0 Å². The molecule has 0 bridgehead atoms. The van der Waals surface area contributed by atoms with Gasteiger partial charge in [0.1, 0.15) is 5.75 Å². The van der Waals surface area contributed by atoms with Gasteiger partial charge in [-0.25, -0.2) is 4.98 Å². The minimum Gasteiger partial charge on any atom is -0.481 e. The minimum atomic E-state index is -0.887. The Hall–Kier alpha value is -2.36. The van der Waals surface area contributed by atoms with Crippen molar-refractivity contribution in [3.8, 4) is 11.6 Å². The summed E-state index contributed by atoms with van der Waals surface area (Å²) in [6.45, 7) is 6.35. The topological polar surface area (TPSA) is 59.4 Å². The number of pyridine rings is 1. The van der Waals surface area contributed by atoms with Gasteiger partial charge >= 0.3 is 5.97 Å². The van der Waals surface area contributed by atoms with Gasteiger partial charge in [0, 0.05) is 17.8 Å². The number of hydrogen-bond donors (Lipinski definition) is 1. The summed E-state index contributed by atoms with van der Waals surface area (Å²) in [5.74, 6) is 0.0961. The first-order valence-corrected chi connectivity index (χ1v) is 6.80. The molecule has 0 radical (unpaired) electrons. The lowest BCUT2D eigenvalue weighted by atomic mass is 9.88. The lowest BCUT2D eigenvalue weighted by molar-refractivity contribution is -0.136. The zero-order chi connectivity index (χ0) is 15.5. The van der Waals surface area contributed by atoms with E-state index in [1.807, 2.05) is 12.1 Å². The van der Waals surface area contributed by atoms with Gasteiger partial charge in [0.25, 0.3) is 0 Å². The highest BCUT2D eigenvalue weighted by Crippen LogP contribution is 2.27. The highest BCUT2D eigenvalue weighted by Gasteiger charge is 2.14. The van der Waals surface area contributed by atoms with E-state index in [2.05, 4.69) is 25.8 Å². The van der Waals surface area contributed by atoms with Crippen molar-refractivity contribution in [3.05, 3.63) is 53.7 Å². The Labute approximate surface area is 124 Å². The number of para-hydroxylation sites is 1. The molecule has 0 fully saturated rings. The number of carbonyl (C=O) groups is 1. The van der Waals surface area contributed by atoms with Crippen LogP contribution in [0.2, 0.25) is 0 Å². The van der Waals surface area contributed by atoms with Crippen LogP contribution < -0.4 is 4.74 Å². The third kappa shape index (κ3) is 4.05. The molecule has 0 atom stereocenters. The lowest BCUT2D eigenvalue weighted by Gasteiger charge is -2.18. The van der Waals surface area contributed by atoms with Crippen molar-refractivity contribution in [1.29, 1.82) is 0 Å². The molecule has 1 heterocycles. The maximum Gasteiger partial charge on any atom is 0.307 e. The van der Waals surface area contributed by atoms with Crippen LogP contribution in [0.15, 0.2) is 42.6 Å². The molecule has 0 aliphatic rings. The van der Waals surface area contributed by atoms with Crippen LogP contribution in [0.5, 0.6) is 11.6 Å². The predicted octanol–water partition coefficient (Wildman–Crippen LogP) is 3.80. The summed E-state index contributed by atoms with van der Waals surface area (Å²) in [5.41, 5.74) is 1.78. The summed E-state index contributed by atoms with van der Waals surface area (Å²) in [5, 5.41) is 8.91. The number of aliphatic carboxylic acids is 1. The van der Waals surface area contributed by atoms with Gasteiger partial charge in [0.15, 0.2) is 0 Å². The standard InChI is InChI=1S/C17H19NO3/c1-17(2,3)13-8-9-15(18-11-13)21-14-7-5-4-6-12(14)10-16(19)20/h4-9,11H,10H2,1-3H3,(H,19,20). The average Bonchev–Trinajstić information content (AvgIpc) is 2.40. The van der Waals surface area contributed by atoms with E-state index >= 15 is 0 Å². The van der Waals surface area contributed by atoms with Gasteiger partial charge in [-0.15, -0.1) is 0 Å². The summed E-state index contributed by atoms with van der Waals surface area (Å²) in [7, 11) is 0. The summed E-state index contributed by atoms with van der Waals surface area (Å²) in [4.78, 5) is 15.1. The first-order valence-electron chi connectivity index (χ1n) is 6.80. The maximum atomic E-state index is 10.9. The minimum absolute atomic E-state index is 0.0345. The van der Waals surface area contributed by atoms with Crippen LogP contribution in [0.3, 0.4) is 0 Å². The molecule has 1 aromatic heterocycles. The number of carboxylic acids is 1. The molecule has 2 rings (SSSR count).